The van der Waals surface area contributed by atoms with E-state index in [2.05, 4.69) is 20.3 Å². The summed E-state index contributed by atoms with van der Waals surface area (Å²) in [6, 6.07) is 7.20. The van der Waals surface area contributed by atoms with Crippen LogP contribution in [0.25, 0.3) is 5.95 Å². The molecule has 1 aliphatic heterocycles. The molecule has 1 N–H and O–H groups in total. The lowest BCUT2D eigenvalue weighted by Crippen LogP contribution is -2.37. The van der Waals surface area contributed by atoms with Gasteiger partial charge in [-0.1, -0.05) is 0 Å². The van der Waals surface area contributed by atoms with Gasteiger partial charge < -0.3 is 24.4 Å². The summed E-state index contributed by atoms with van der Waals surface area (Å²) < 4.78 is 18.0. The quantitative estimate of drug-likeness (QED) is 0.555. The van der Waals surface area contributed by atoms with Crippen molar-refractivity contribution in [2.24, 2.45) is 0 Å². The maximum atomic E-state index is 12.3. The first kappa shape index (κ1) is 19.5. The molecule has 4 rings (SSSR count). The van der Waals surface area contributed by atoms with Gasteiger partial charge in [0.2, 0.25) is 18.6 Å². The molecule has 30 heavy (non-hydrogen) atoms. The normalized spacial score (nSPS) is 11.9. The molecular formula is C20H22N6O4. The maximum Gasteiger partial charge on any atom is 0.239 e. The standard InChI is InChI=1S/C20H22N6O4/c1-14-9-18(24-20(23-14)26-7-5-21-12-26)25(2)11-19(27)22-6-8-28-15-3-4-16-17(10-15)30-13-29-16/h3-5,7,9-10,12H,6,8,11,13H2,1-2H3,(H,22,27). The van der Waals surface area contributed by atoms with Gasteiger partial charge in [0.15, 0.2) is 11.5 Å². The second kappa shape index (κ2) is 8.68. The van der Waals surface area contributed by atoms with Crippen LogP contribution in [-0.2, 0) is 4.79 Å². The van der Waals surface area contributed by atoms with Crippen LogP contribution in [0.3, 0.4) is 0 Å². The number of amides is 1. The van der Waals surface area contributed by atoms with Crippen molar-refractivity contribution in [2.45, 2.75) is 6.92 Å². The van der Waals surface area contributed by atoms with Gasteiger partial charge in [-0.15, -0.1) is 0 Å². The van der Waals surface area contributed by atoms with Crippen LogP contribution < -0.4 is 24.4 Å². The fourth-order valence-electron chi connectivity index (χ4n) is 2.90. The molecular weight excluding hydrogens is 388 g/mol. The third-order valence-corrected chi connectivity index (χ3v) is 4.37. The Labute approximate surface area is 173 Å². The van der Waals surface area contributed by atoms with E-state index in [0.717, 1.165) is 5.69 Å². The third-order valence-electron chi connectivity index (χ3n) is 4.37. The predicted octanol–water partition coefficient (Wildman–Crippen LogP) is 1.33. The second-order valence-corrected chi connectivity index (χ2v) is 6.71. The number of rotatable bonds is 8. The Hall–Kier alpha value is -3.82. The van der Waals surface area contributed by atoms with Crippen molar-refractivity contribution in [1.82, 2.24) is 24.8 Å². The number of ether oxygens (including phenoxy) is 3. The summed E-state index contributed by atoms with van der Waals surface area (Å²) in [6.07, 6.45) is 5.06. The number of likely N-dealkylation sites (N-methyl/N-ethyl adjacent to an activating group) is 1. The van der Waals surface area contributed by atoms with Gasteiger partial charge >= 0.3 is 0 Å². The molecule has 3 aromatic rings. The van der Waals surface area contributed by atoms with Crippen molar-refractivity contribution in [1.29, 1.82) is 0 Å². The maximum absolute atomic E-state index is 12.3. The van der Waals surface area contributed by atoms with Crippen LogP contribution in [0.1, 0.15) is 5.69 Å². The molecule has 0 unspecified atom stereocenters. The van der Waals surface area contributed by atoms with E-state index >= 15 is 0 Å². The van der Waals surface area contributed by atoms with E-state index in [9.17, 15) is 4.79 Å². The fourth-order valence-corrected chi connectivity index (χ4v) is 2.90. The van der Waals surface area contributed by atoms with Crippen LogP contribution in [0.15, 0.2) is 43.0 Å². The first-order valence-corrected chi connectivity index (χ1v) is 9.43. The van der Waals surface area contributed by atoms with Gasteiger partial charge in [0.25, 0.3) is 0 Å². The number of benzene rings is 1. The number of carbonyl (C=O) groups is 1. The van der Waals surface area contributed by atoms with Crippen molar-refractivity contribution < 1.29 is 19.0 Å². The molecule has 1 aliphatic rings. The second-order valence-electron chi connectivity index (χ2n) is 6.71. The van der Waals surface area contributed by atoms with Gasteiger partial charge in [0.1, 0.15) is 24.5 Å². The highest BCUT2D eigenvalue weighted by Crippen LogP contribution is 2.34. The Kier molecular flexibility index (Phi) is 5.64. The molecule has 0 aliphatic carbocycles. The molecule has 0 bridgehead atoms. The molecule has 10 heteroatoms. The van der Waals surface area contributed by atoms with Crippen molar-refractivity contribution >= 4 is 11.7 Å². The van der Waals surface area contributed by atoms with Crippen LogP contribution in [0.5, 0.6) is 17.2 Å². The number of nitrogens with zero attached hydrogens (tertiary/aromatic N) is 5. The van der Waals surface area contributed by atoms with Gasteiger partial charge in [-0.05, 0) is 19.1 Å². The Morgan fingerprint density at radius 1 is 1.27 bits per heavy atom. The number of carbonyl (C=O) groups excluding carboxylic acids is 1. The molecule has 156 valence electrons. The van der Waals surface area contributed by atoms with Crippen LogP contribution >= 0.6 is 0 Å². The average Bonchev–Trinajstić information content (AvgIpc) is 3.42. The smallest absolute Gasteiger partial charge is 0.239 e. The molecule has 1 amide bonds. The number of fused-ring (bicyclic) bond motifs is 1. The van der Waals surface area contributed by atoms with Gasteiger partial charge in [-0.25, -0.2) is 9.97 Å². The Morgan fingerprint density at radius 3 is 2.97 bits per heavy atom. The van der Waals surface area contributed by atoms with Crippen LogP contribution in [-0.4, -0.2) is 59.0 Å². The molecule has 0 atom stereocenters. The number of nitrogens with one attached hydrogen (secondary N) is 1. The zero-order valence-electron chi connectivity index (χ0n) is 16.7. The molecule has 0 radical (unpaired) electrons. The van der Waals surface area contributed by atoms with E-state index in [1.54, 1.807) is 46.4 Å². The van der Waals surface area contributed by atoms with Gasteiger partial charge in [0.05, 0.1) is 13.1 Å². The van der Waals surface area contributed by atoms with Crippen LogP contribution in [0, 0.1) is 6.92 Å². The third kappa shape index (κ3) is 4.59. The average molecular weight is 410 g/mol. The summed E-state index contributed by atoms with van der Waals surface area (Å²) in [5.74, 6) is 3.05. The summed E-state index contributed by atoms with van der Waals surface area (Å²) in [5.41, 5.74) is 0.799. The molecule has 0 saturated heterocycles. The van der Waals surface area contributed by atoms with Crippen LogP contribution in [0.4, 0.5) is 5.82 Å². The van der Waals surface area contributed by atoms with Crippen LogP contribution in [0.2, 0.25) is 0 Å². The van der Waals surface area contributed by atoms with Gasteiger partial charge in [-0.2, -0.15) is 4.98 Å². The topological polar surface area (TPSA) is 104 Å². The van der Waals surface area contributed by atoms with Crippen molar-refractivity contribution in [2.75, 3.05) is 38.4 Å². The highest BCUT2D eigenvalue weighted by Gasteiger charge is 2.14. The number of imidazole rings is 1. The van der Waals surface area contributed by atoms with Crippen molar-refractivity contribution in [3.8, 4) is 23.2 Å². The minimum Gasteiger partial charge on any atom is -0.492 e. The number of anilines is 1. The highest BCUT2D eigenvalue weighted by atomic mass is 16.7. The molecule has 0 spiro atoms. The lowest BCUT2D eigenvalue weighted by Gasteiger charge is -2.19. The van der Waals surface area contributed by atoms with E-state index in [1.807, 2.05) is 20.0 Å². The minimum atomic E-state index is -0.132. The van der Waals surface area contributed by atoms with E-state index in [4.69, 9.17) is 14.2 Å². The molecule has 0 saturated carbocycles. The zero-order valence-corrected chi connectivity index (χ0v) is 16.7. The minimum absolute atomic E-state index is 0.132. The molecule has 10 nitrogen and oxygen atoms in total. The number of aryl methyl sites for hydroxylation is 1. The highest BCUT2D eigenvalue weighted by molar-refractivity contribution is 5.80. The molecule has 0 fully saturated rings. The van der Waals surface area contributed by atoms with E-state index in [-0.39, 0.29) is 19.2 Å². The summed E-state index contributed by atoms with van der Waals surface area (Å²) in [4.78, 5) is 27.0. The summed E-state index contributed by atoms with van der Waals surface area (Å²) in [5, 5.41) is 2.84. The SMILES string of the molecule is Cc1cc(N(C)CC(=O)NCCOc2ccc3c(c2)OCO3)nc(-n2ccnc2)n1. The first-order chi connectivity index (χ1) is 14.6. The molecule has 2 aromatic heterocycles. The largest absolute Gasteiger partial charge is 0.492 e. The predicted molar refractivity (Wildman–Crippen MR) is 108 cm³/mol. The van der Waals surface area contributed by atoms with Crippen molar-refractivity contribution in [3.05, 3.63) is 48.7 Å². The summed E-state index contributed by atoms with van der Waals surface area (Å²) in [6.45, 7) is 2.98. The number of hydrogen-bond acceptors (Lipinski definition) is 8. The Morgan fingerprint density at radius 2 is 2.13 bits per heavy atom. The lowest BCUT2D eigenvalue weighted by molar-refractivity contribution is -0.119. The first-order valence-electron chi connectivity index (χ1n) is 9.43. The summed E-state index contributed by atoms with van der Waals surface area (Å²) >= 11 is 0. The van der Waals surface area contributed by atoms with Gasteiger partial charge in [0, 0.05) is 37.3 Å². The lowest BCUT2D eigenvalue weighted by atomic mass is 10.3. The molecule has 3 heterocycles. The Bertz CT molecular complexity index is 1020. The fraction of sp³-hybridized carbons (Fsp3) is 0.300. The van der Waals surface area contributed by atoms with E-state index in [1.165, 1.54) is 0 Å². The van der Waals surface area contributed by atoms with E-state index < -0.39 is 0 Å². The zero-order chi connectivity index (χ0) is 20.9. The number of hydrogen-bond donors (Lipinski definition) is 1. The summed E-state index contributed by atoms with van der Waals surface area (Å²) in [7, 11) is 1.81. The van der Waals surface area contributed by atoms with E-state index in [0.29, 0.717) is 42.2 Å². The van der Waals surface area contributed by atoms with Crippen molar-refractivity contribution in [3.63, 3.8) is 0 Å². The monoisotopic (exact) mass is 410 g/mol. The Balaban J connectivity index is 1.26. The van der Waals surface area contributed by atoms with Gasteiger partial charge in [-0.3, -0.25) is 9.36 Å². The molecule has 1 aromatic carbocycles. The number of aromatic nitrogens is 4.